The van der Waals surface area contributed by atoms with Crippen molar-refractivity contribution < 1.29 is 28.8 Å². The fourth-order valence-electron chi connectivity index (χ4n) is 9.82. The van der Waals surface area contributed by atoms with Gasteiger partial charge in [-0.2, -0.15) is 0 Å². The number of carbonyl (C=O) groups excluding carboxylic acids is 2. The lowest BCUT2D eigenvalue weighted by Crippen LogP contribution is -2.66. The van der Waals surface area contributed by atoms with Crippen molar-refractivity contribution in [1.82, 2.24) is 0 Å². The number of benzene rings is 5. The van der Waals surface area contributed by atoms with Gasteiger partial charge in [0.15, 0.2) is 11.6 Å². The monoisotopic (exact) mass is 806 g/mol. The van der Waals surface area contributed by atoms with Crippen molar-refractivity contribution in [2.45, 2.75) is 57.5 Å². The van der Waals surface area contributed by atoms with E-state index in [9.17, 15) is 19.7 Å². The van der Waals surface area contributed by atoms with Crippen molar-refractivity contribution in [3.05, 3.63) is 172 Å². The molecule has 3 aliphatic rings. The Morgan fingerprint density at radius 1 is 0.828 bits per heavy atom. The van der Waals surface area contributed by atoms with Crippen LogP contribution in [0.4, 0.5) is 0 Å². The molecule has 1 fully saturated rings. The molecule has 6 nitrogen and oxygen atoms in total. The summed E-state index contributed by atoms with van der Waals surface area (Å²) in [7, 11) is -4.12. The minimum absolute atomic E-state index is 0.0280. The van der Waals surface area contributed by atoms with Crippen molar-refractivity contribution in [3.63, 3.8) is 0 Å². The molecule has 294 valence electrons. The van der Waals surface area contributed by atoms with Crippen LogP contribution in [0.3, 0.4) is 0 Å². The summed E-state index contributed by atoms with van der Waals surface area (Å²) in [5.74, 6) is -1.58. The number of carbonyl (C=O) groups is 2. The summed E-state index contributed by atoms with van der Waals surface area (Å²) >= 11 is 6.62. The van der Waals surface area contributed by atoms with E-state index in [1.807, 2.05) is 48.5 Å². The van der Waals surface area contributed by atoms with Gasteiger partial charge in [-0.1, -0.05) is 148 Å². The number of halogens is 1. The Labute approximate surface area is 347 Å². The summed E-state index contributed by atoms with van der Waals surface area (Å²) in [6.07, 6.45) is 3.12. The van der Waals surface area contributed by atoms with Crippen molar-refractivity contribution in [2.75, 3.05) is 6.61 Å². The average Bonchev–Trinajstić information content (AvgIpc) is 3.22. The second kappa shape index (κ2) is 16.4. The van der Waals surface area contributed by atoms with E-state index in [4.69, 9.17) is 20.7 Å². The Kier molecular flexibility index (Phi) is 11.3. The SMILES string of the molecule is CC(C)(C)[Si](OCC1=C2[C@@H](CC/C(=C/c3ccc(O)cc3Cl)c3ccccc3)OB(O)C[C@@H]2[C@@H]2C(=O)c3ccccc3C(=O)[C@@H]2C1)(c1ccccc1)c1ccccc1. The third-order valence-electron chi connectivity index (χ3n) is 12.4. The number of hydrogen-bond acceptors (Lipinski definition) is 6. The van der Waals surface area contributed by atoms with E-state index < -0.39 is 39.3 Å². The van der Waals surface area contributed by atoms with Gasteiger partial charge in [-0.15, -0.1) is 0 Å². The molecule has 4 atom stereocenters. The van der Waals surface area contributed by atoms with Crippen LogP contribution in [0.2, 0.25) is 16.4 Å². The molecule has 1 saturated heterocycles. The van der Waals surface area contributed by atoms with E-state index in [1.165, 1.54) is 6.07 Å². The second-order valence-corrected chi connectivity index (χ2v) is 21.5. The second-order valence-electron chi connectivity index (χ2n) is 16.8. The molecule has 2 aliphatic carbocycles. The van der Waals surface area contributed by atoms with Gasteiger partial charge in [0.1, 0.15) is 5.75 Å². The highest BCUT2D eigenvalue weighted by molar-refractivity contribution is 6.99. The minimum atomic E-state index is -3.01. The molecular weight excluding hydrogens is 759 g/mol. The van der Waals surface area contributed by atoms with Crippen LogP contribution in [0.1, 0.15) is 71.9 Å². The first-order chi connectivity index (χ1) is 28.0. The first-order valence-electron chi connectivity index (χ1n) is 20.2. The lowest BCUT2D eigenvalue weighted by molar-refractivity contribution is 0.0592. The molecule has 8 rings (SSSR count). The molecule has 5 aromatic carbocycles. The summed E-state index contributed by atoms with van der Waals surface area (Å²) in [6.45, 7) is 7.00. The average molecular weight is 807 g/mol. The van der Waals surface area contributed by atoms with Crippen molar-refractivity contribution in [2.24, 2.45) is 17.8 Å². The largest absolute Gasteiger partial charge is 0.508 e. The number of ketones is 2. The molecular formula is C49H48BClO6Si. The van der Waals surface area contributed by atoms with E-state index in [2.05, 4.69) is 81.4 Å². The number of phenols is 1. The lowest BCUT2D eigenvalue weighted by Gasteiger charge is -2.48. The van der Waals surface area contributed by atoms with Crippen molar-refractivity contribution in [1.29, 1.82) is 0 Å². The summed E-state index contributed by atoms with van der Waals surface area (Å²) in [6, 6.07) is 43.2. The zero-order valence-electron chi connectivity index (χ0n) is 33.1. The Balaban J connectivity index is 1.24. The van der Waals surface area contributed by atoms with Crippen LogP contribution in [0.25, 0.3) is 11.6 Å². The van der Waals surface area contributed by atoms with Gasteiger partial charge in [-0.05, 0) is 99.0 Å². The number of aromatic hydroxyl groups is 1. The molecule has 0 radical (unpaired) electrons. The molecule has 9 heteroatoms. The van der Waals surface area contributed by atoms with Gasteiger partial charge in [0.05, 0.1) is 17.7 Å². The maximum absolute atomic E-state index is 14.5. The standard InChI is InChI=1S/C49H48BClO6Si/c1-49(2,3)58(37-17-9-5-10-18-37,38-19-11-6-12-20-38)56-31-35-28-41-46(48(54)40-22-14-13-21-39(40)47(41)53)42-30-50(55)57-44(45(35)42)26-24-33(32-15-7-4-8-16-32)27-34-23-25-36(52)29-43(34)51/h4-23,25,27,29,41-42,44,46,52,55H,24,26,28,30-31H2,1-3H3/b33-27-/t41-,42+,44-,46-/m1/s1. The third-order valence-corrected chi connectivity index (χ3v) is 17.7. The molecule has 0 spiro atoms. The summed E-state index contributed by atoms with van der Waals surface area (Å²) in [5, 5.41) is 24.0. The lowest BCUT2D eigenvalue weighted by atomic mass is 9.54. The molecule has 2 N–H and O–H groups in total. The van der Waals surface area contributed by atoms with Crippen LogP contribution < -0.4 is 10.4 Å². The van der Waals surface area contributed by atoms with Crippen LogP contribution in [-0.4, -0.2) is 49.8 Å². The number of Topliss-reactive ketones (excluding diaryl/α,β-unsaturated/α-hetero) is 2. The fraction of sp³-hybridized carbons (Fsp3) is 0.265. The number of phenolic OH excluding ortho intramolecular Hbond substituents is 1. The van der Waals surface area contributed by atoms with Gasteiger partial charge >= 0.3 is 7.12 Å². The van der Waals surface area contributed by atoms with Gasteiger partial charge in [-0.25, -0.2) is 0 Å². The van der Waals surface area contributed by atoms with E-state index in [0.717, 1.165) is 38.2 Å². The Bertz CT molecular complexity index is 2340. The van der Waals surface area contributed by atoms with E-state index >= 15 is 0 Å². The zero-order valence-corrected chi connectivity index (χ0v) is 34.9. The molecule has 58 heavy (non-hydrogen) atoms. The molecule has 0 saturated carbocycles. The van der Waals surface area contributed by atoms with Crippen LogP contribution >= 0.6 is 11.6 Å². The predicted octanol–water partition coefficient (Wildman–Crippen LogP) is 9.45. The van der Waals surface area contributed by atoms with Gasteiger partial charge in [-0.3, -0.25) is 9.59 Å². The Morgan fingerprint density at radius 3 is 2.02 bits per heavy atom. The molecule has 0 aromatic heterocycles. The maximum atomic E-state index is 14.5. The first-order valence-corrected chi connectivity index (χ1v) is 22.5. The highest BCUT2D eigenvalue weighted by atomic mass is 35.5. The van der Waals surface area contributed by atoms with Crippen molar-refractivity contribution in [3.8, 4) is 5.75 Å². The zero-order chi connectivity index (χ0) is 40.6. The fourth-order valence-corrected chi connectivity index (χ4v) is 14.6. The van der Waals surface area contributed by atoms with Gasteiger partial charge in [0.2, 0.25) is 0 Å². The van der Waals surface area contributed by atoms with E-state index in [-0.39, 0.29) is 35.3 Å². The number of rotatable bonds is 10. The maximum Gasteiger partial charge on any atom is 0.455 e. The molecule has 0 bridgehead atoms. The summed E-state index contributed by atoms with van der Waals surface area (Å²) < 4.78 is 14.1. The Hall–Kier alpha value is -4.83. The molecule has 0 amide bonds. The van der Waals surface area contributed by atoms with E-state index in [0.29, 0.717) is 35.4 Å². The van der Waals surface area contributed by atoms with Crippen LogP contribution in [-0.2, 0) is 9.08 Å². The van der Waals surface area contributed by atoms with Crippen LogP contribution in [0.5, 0.6) is 5.75 Å². The third kappa shape index (κ3) is 7.49. The highest BCUT2D eigenvalue weighted by Gasteiger charge is 2.55. The topological polar surface area (TPSA) is 93.1 Å². The van der Waals surface area contributed by atoms with E-state index in [1.54, 1.807) is 24.3 Å². The normalized spacial score (nSPS) is 21.1. The molecule has 0 unspecified atom stereocenters. The summed E-state index contributed by atoms with van der Waals surface area (Å²) in [4.78, 5) is 29.0. The number of fused-ring (bicyclic) bond motifs is 4. The smallest absolute Gasteiger partial charge is 0.455 e. The molecule has 1 heterocycles. The Morgan fingerprint density at radius 2 is 1.41 bits per heavy atom. The van der Waals surface area contributed by atoms with Crippen LogP contribution in [0.15, 0.2) is 145 Å². The van der Waals surface area contributed by atoms with Crippen molar-refractivity contribution >= 4 is 60.6 Å². The quantitative estimate of drug-likeness (QED) is 0.0831. The van der Waals surface area contributed by atoms with Gasteiger partial charge in [0.25, 0.3) is 8.32 Å². The molecule has 5 aromatic rings. The number of allylic oxidation sites excluding steroid dienone is 1. The summed E-state index contributed by atoms with van der Waals surface area (Å²) in [5.41, 5.74) is 5.66. The molecule has 1 aliphatic heterocycles. The first kappa shape index (κ1) is 40.0. The van der Waals surface area contributed by atoms with Gasteiger partial charge in [0, 0.05) is 23.0 Å². The van der Waals surface area contributed by atoms with Gasteiger partial charge < -0.3 is 19.2 Å². The van der Waals surface area contributed by atoms with Crippen LogP contribution in [0, 0.1) is 17.8 Å². The highest BCUT2D eigenvalue weighted by Crippen LogP contribution is 2.52. The number of hydrogen-bond donors (Lipinski definition) is 2. The minimum Gasteiger partial charge on any atom is -0.508 e. The predicted molar refractivity (Wildman–Crippen MR) is 235 cm³/mol.